The smallest absolute Gasteiger partial charge is 0.326 e. The molecule has 8 N–H and O–H groups in total. The second-order valence-corrected chi connectivity index (χ2v) is 9.86. The number of aromatic nitrogens is 1. The van der Waals surface area contributed by atoms with Crippen LogP contribution in [0.5, 0.6) is 0 Å². The predicted molar refractivity (Wildman–Crippen MR) is 154 cm³/mol. The van der Waals surface area contributed by atoms with Gasteiger partial charge in [0.1, 0.15) is 18.1 Å². The van der Waals surface area contributed by atoms with Gasteiger partial charge in [-0.05, 0) is 23.6 Å². The van der Waals surface area contributed by atoms with Crippen molar-refractivity contribution in [3.8, 4) is 0 Å². The van der Waals surface area contributed by atoms with E-state index in [-0.39, 0.29) is 31.4 Å². The van der Waals surface area contributed by atoms with Crippen LogP contribution in [-0.4, -0.2) is 74.8 Å². The Morgan fingerprint density at radius 3 is 2.07 bits per heavy atom. The van der Waals surface area contributed by atoms with Crippen molar-refractivity contribution in [1.82, 2.24) is 20.9 Å². The summed E-state index contributed by atoms with van der Waals surface area (Å²) in [5, 5.41) is 27.0. The number of hydrogen-bond acceptors (Lipinski definition) is 7. The van der Waals surface area contributed by atoms with E-state index in [1.807, 2.05) is 24.3 Å². The fraction of sp³-hybridized carbons (Fsp3) is 0.321. The molecule has 0 fully saturated rings. The highest BCUT2D eigenvalue weighted by atomic mass is 32.1. The van der Waals surface area contributed by atoms with E-state index in [1.165, 1.54) is 0 Å². The van der Waals surface area contributed by atoms with Crippen LogP contribution in [0.2, 0.25) is 0 Å². The highest BCUT2D eigenvalue weighted by Gasteiger charge is 2.31. The van der Waals surface area contributed by atoms with Crippen LogP contribution in [0.3, 0.4) is 0 Å². The predicted octanol–water partition coefficient (Wildman–Crippen LogP) is 0.614. The standard InChI is InChI=1S/C28H33N5O7S/c29-19(10-11-24(34)35)25(36)33-23(15-41)27(38)31-21(13-17-14-30-20-9-5-4-8-18(17)20)26(37)32-22(28(39)40)12-16-6-2-1-3-7-16/h1-9,14,19,21-23,30,41H,10-13,15,29H2,(H,31,38)(H,32,37)(H,33,36)(H,34,35)(H,39,40)/t19-,21-,22-,23-/m0/s1. The lowest BCUT2D eigenvalue weighted by Crippen LogP contribution is -2.58. The maximum Gasteiger partial charge on any atom is 0.326 e. The first-order valence-electron chi connectivity index (χ1n) is 12.9. The Morgan fingerprint density at radius 2 is 1.41 bits per heavy atom. The van der Waals surface area contributed by atoms with Gasteiger partial charge in [-0.3, -0.25) is 19.2 Å². The molecule has 0 saturated heterocycles. The average molecular weight is 584 g/mol. The lowest BCUT2D eigenvalue weighted by Gasteiger charge is -2.24. The van der Waals surface area contributed by atoms with Gasteiger partial charge in [-0.25, -0.2) is 4.79 Å². The number of benzene rings is 2. The molecule has 0 aliphatic rings. The van der Waals surface area contributed by atoms with Crippen molar-refractivity contribution in [2.45, 2.75) is 49.9 Å². The minimum absolute atomic E-state index is 0.0185. The number of carboxylic acids is 2. The van der Waals surface area contributed by atoms with Gasteiger partial charge in [-0.1, -0.05) is 48.5 Å². The Labute approximate surface area is 241 Å². The summed E-state index contributed by atoms with van der Waals surface area (Å²) in [5.41, 5.74) is 7.98. The average Bonchev–Trinajstić information content (AvgIpc) is 3.36. The normalized spacial score (nSPS) is 13.9. The summed E-state index contributed by atoms with van der Waals surface area (Å²) in [6, 6.07) is 11.3. The van der Waals surface area contributed by atoms with Crippen molar-refractivity contribution in [1.29, 1.82) is 0 Å². The van der Waals surface area contributed by atoms with E-state index in [1.54, 1.807) is 36.5 Å². The van der Waals surface area contributed by atoms with Crippen LogP contribution >= 0.6 is 12.6 Å². The van der Waals surface area contributed by atoms with Gasteiger partial charge in [-0.15, -0.1) is 0 Å². The Balaban J connectivity index is 1.79. The molecular weight excluding hydrogens is 550 g/mol. The van der Waals surface area contributed by atoms with Crippen molar-refractivity contribution in [2.75, 3.05) is 5.75 Å². The number of aromatic amines is 1. The van der Waals surface area contributed by atoms with Gasteiger partial charge in [0, 0.05) is 42.1 Å². The van der Waals surface area contributed by atoms with Crippen LogP contribution in [-0.2, 0) is 36.8 Å². The van der Waals surface area contributed by atoms with Crippen LogP contribution < -0.4 is 21.7 Å². The van der Waals surface area contributed by atoms with E-state index < -0.39 is 53.8 Å². The number of fused-ring (bicyclic) bond motifs is 1. The summed E-state index contributed by atoms with van der Waals surface area (Å²) < 4.78 is 0. The number of thiol groups is 1. The summed E-state index contributed by atoms with van der Waals surface area (Å²) in [7, 11) is 0. The molecule has 0 unspecified atom stereocenters. The maximum atomic E-state index is 13.5. The number of para-hydroxylation sites is 1. The summed E-state index contributed by atoms with van der Waals surface area (Å²) in [6.07, 6.45) is 1.29. The van der Waals surface area contributed by atoms with Crippen molar-refractivity contribution >= 4 is 53.2 Å². The van der Waals surface area contributed by atoms with E-state index >= 15 is 0 Å². The molecule has 1 heterocycles. The first-order valence-corrected chi connectivity index (χ1v) is 13.5. The fourth-order valence-electron chi connectivity index (χ4n) is 4.21. The zero-order chi connectivity index (χ0) is 29.9. The molecule has 218 valence electrons. The third-order valence-electron chi connectivity index (χ3n) is 6.45. The molecule has 1 aromatic heterocycles. The Kier molecular flexibility index (Phi) is 11.3. The van der Waals surface area contributed by atoms with Crippen LogP contribution in [0.25, 0.3) is 10.9 Å². The number of aliphatic carboxylic acids is 2. The van der Waals surface area contributed by atoms with Gasteiger partial charge < -0.3 is 36.9 Å². The number of hydrogen-bond donors (Lipinski definition) is 8. The third kappa shape index (κ3) is 9.08. The molecule has 13 heteroatoms. The number of H-pyrrole nitrogens is 1. The zero-order valence-electron chi connectivity index (χ0n) is 22.1. The minimum Gasteiger partial charge on any atom is -0.481 e. The van der Waals surface area contributed by atoms with Crippen molar-refractivity contribution in [2.24, 2.45) is 5.73 Å². The van der Waals surface area contributed by atoms with Gasteiger partial charge in [0.05, 0.1) is 6.04 Å². The third-order valence-corrected chi connectivity index (χ3v) is 6.82. The van der Waals surface area contributed by atoms with E-state index in [4.69, 9.17) is 10.8 Å². The van der Waals surface area contributed by atoms with Crippen LogP contribution in [0, 0.1) is 0 Å². The number of nitrogens with one attached hydrogen (secondary N) is 4. The molecule has 0 radical (unpaired) electrons. The monoisotopic (exact) mass is 583 g/mol. The summed E-state index contributed by atoms with van der Waals surface area (Å²) in [4.78, 5) is 65.0. The molecule has 0 aliphatic carbocycles. The second kappa shape index (κ2) is 14.9. The molecule has 4 atom stereocenters. The molecule has 3 aromatic rings. The molecule has 12 nitrogen and oxygen atoms in total. The molecule has 0 aliphatic heterocycles. The number of carboxylic acid groups (broad SMARTS) is 2. The number of nitrogens with two attached hydrogens (primary N) is 1. The van der Waals surface area contributed by atoms with E-state index in [0.29, 0.717) is 11.1 Å². The molecular formula is C28H33N5O7S. The molecule has 3 rings (SSSR count). The first-order chi connectivity index (χ1) is 19.6. The lowest BCUT2D eigenvalue weighted by molar-refractivity contribution is -0.142. The van der Waals surface area contributed by atoms with E-state index in [9.17, 15) is 29.1 Å². The maximum absolute atomic E-state index is 13.5. The second-order valence-electron chi connectivity index (χ2n) is 9.50. The molecule has 41 heavy (non-hydrogen) atoms. The Bertz CT molecular complexity index is 1380. The quantitative estimate of drug-likeness (QED) is 0.119. The molecule has 2 aromatic carbocycles. The van der Waals surface area contributed by atoms with Gasteiger partial charge in [-0.2, -0.15) is 12.6 Å². The van der Waals surface area contributed by atoms with E-state index in [2.05, 4.69) is 33.6 Å². The molecule has 0 bridgehead atoms. The zero-order valence-corrected chi connectivity index (χ0v) is 23.0. The number of rotatable bonds is 15. The first kappa shape index (κ1) is 31.2. The molecule has 3 amide bonds. The van der Waals surface area contributed by atoms with Crippen LogP contribution in [0.15, 0.2) is 60.8 Å². The van der Waals surface area contributed by atoms with Gasteiger partial charge >= 0.3 is 11.9 Å². The SMILES string of the molecule is N[C@@H](CCC(=O)O)C(=O)N[C@@H](CS)C(=O)N[C@@H](Cc1c[nH]c2ccccc12)C(=O)N[C@@H](Cc1ccccc1)C(=O)O. The van der Waals surface area contributed by atoms with E-state index in [0.717, 1.165) is 10.9 Å². The van der Waals surface area contributed by atoms with Gasteiger partial charge in [0.15, 0.2) is 0 Å². The number of carbonyl (C=O) groups is 5. The summed E-state index contributed by atoms with van der Waals surface area (Å²) in [5.74, 6) is -4.71. The van der Waals surface area contributed by atoms with Crippen LogP contribution in [0.4, 0.5) is 0 Å². The number of amides is 3. The highest BCUT2D eigenvalue weighted by molar-refractivity contribution is 7.80. The van der Waals surface area contributed by atoms with Crippen LogP contribution in [0.1, 0.15) is 24.0 Å². The number of carbonyl (C=O) groups excluding carboxylic acids is 3. The topological polar surface area (TPSA) is 204 Å². The van der Waals surface area contributed by atoms with Crippen molar-refractivity contribution in [3.05, 3.63) is 71.9 Å². The summed E-state index contributed by atoms with van der Waals surface area (Å²) in [6.45, 7) is 0. The summed E-state index contributed by atoms with van der Waals surface area (Å²) >= 11 is 4.14. The largest absolute Gasteiger partial charge is 0.481 e. The Morgan fingerprint density at radius 1 is 0.805 bits per heavy atom. The Hall–Kier alpha value is -4.36. The molecule has 0 spiro atoms. The van der Waals surface area contributed by atoms with Crippen molar-refractivity contribution < 1.29 is 34.2 Å². The lowest BCUT2D eigenvalue weighted by atomic mass is 10.0. The molecule has 0 saturated carbocycles. The van der Waals surface area contributed by atoms with Gasteiger partial charge in [0.2, 0.25) is 17.7 Å². The highest BCUT2D eigenvalue weighted by Crippen LogP contribution is 2.19. The fourth-order valence-corrected chi connectivity index (χ4v) is 4.46. The van der Waals surface area contributed by atoms with Crippen molar-refractivity contribution in [3.63, 3.8) is 0 Å². The minimum atomic E-state index is -1.26. The van der Waals surface area contributed by atoms with Gasteiger partial charge in [0.25, 0.3) is 0 Å².